The normalized spacial score (nSPS) is 23.8. The average Bonchev–Trinajstić information content (AvgIpc) is 2.86. The minimum Gasteiger partial charge on any atom is -0.380 e. The van der Waals surface area contributed by atoms with E-state index >= 15 is 0 Å². The standard InChI is InChI=1S/C14H29NO2/c1-4-10-15-13(14(5-2)16-3)9-8-12-7-6-11-17-12/h12-15H,4-11H2,1-3H3. The van der Waals surface area contributed by atoms with Gasteiger partial charge in [-0.05, 0) is 45.1 Å². The quantitative estimate of drug-likeness (QED) is 0.675. The van der Waals surface area contributed by atoms with Gasteiger partial charge in [0, 0.05) is 19.8 Å². The van der Waals surface area contributed by atoms with Gasteiger partial charge in [-0.25, -0.2) is 0 Å². The van der Waals surface area contributed by atoms with Crippen molar-refractivity contribution < 1.29 is 9.47 Å². The van der Waals surface area contributed by atoms with Crippen LogP contribution < -0.4 is 5.32 Å². The number of hydrogen-bond donors (Lipinski definition) is 1. The Kier molecular flexibility index (Phi) is 7.82. The molecule has 1 fully saturated rings. The third kappa shape index (κ3) is 5.36. The lowest BCUT2D eigenvalue weighted by atomic mass is 9.99. The molecule has 0 radical (unpaired) electrons. The van der Waals surface area contributed by atoms with Crippen LogP contribution in [0.1, 0.15) is 52.4 Å². The van der Waals surface area contributed by atoms with Crippen molar-refractivity contribution in [2.45, 2.75) is 70.6 Å². The van der Waals surface area contributed by atoms with Crippen LogP contribution in [0, 0.1) is 0 Å². The first kappa shape index (κ1) is 14.9. The Labute approximate surface area is 106 Å². The van der Waals surface area contributed by atoms with E-state index in [2.05, 4.69) is 19.2 Å². The van der Waals surface area contributed by atoms with Crippen LogP contribution in [-0.2, 0) is 9.47 Å². The lowest BCUT2D eigenvalue weighted by Crippen LogP contribution is -2.41. The first-order valence-electron chi connectivity index (χ1n) is 7.19. The largest absolute Gasteiger partial charge is 0.380 e. The molecule has 1 aliphatic heterocycles. The van der Waals surface area contributed by atoms with Crippen LogP contribution >= 0.6 is 0 Å². The minimum absolute atomic E-state index is 0.336. The first-order valence-corrected chi connectivity index (χ1v) is 7.19. The van der Waals surface area contributed by atoms with Crippen LogP contribution in [-0.4, -0.2) is 38.5 Å². The lowest BCUT2D eigenvalue weighted by Gasteiger charge is -2.27. The van der Waals surface area contributed by atoms with E-state index < -0.39 is 0 Å². The molecule has 1 saturated heterocycles. The number of nitrogens with one attached hydrogen (secondary N) is 1. The molecule has 1 aliphatic rings. The summed E-state index contributed by atoms with van der Waals surface area (Å²) in [6.45, 7) is 6.44. The average molecular weight is 243 g/mol. The summed E-state index contributed by atoms with van der Waals surface area (Å²) in [4.78, 5) is 0. The maximum absolute atomic E-state index is 5.69. The van der Waals surface area contributed by atoms with E-state index in [1.807, 2.05) is 7.11 Å². The summed E-state index contributed by atoms with van der Waals surface area (Å²) >= 11 is 0. The van der Waals surface area contributed by atoms with Crippen molar-refractivity contribution in [1.82, 2.24) is 5.32 Å². The van der Waals surface area contributed by atoms with E-state index in [0.717, 1.165) is 26.0 Å². The molecule has 3 unspecified atom stereocenters. The zero-order valence-electron chi connectivity index (χ0n) is 11.7. The van der Waals surface area contributed by atoms with E-state index in [1.54, 1.807) is 0 Å². The van der Waals surface area contributed by atoms with Gasteiger partial charge >= 0.3 is 0 Å². The van der Waals surface area contributed by atoms with Gasteiger partial charge < -0.3 is 14.8 Å². The van der Waals surface area contributed by atoms with Gasteiger partial charge in [0.15, 0.2) is 0 Å². The molecule has 0 aromatic carbocycles. The van der Waals surface area contributed by atoms with Crippen molar-refractivity contribution in [3.8, 4) is 0 Å². The van der Waals surface area contributed by atoms with Crippen molar-refractivity contribution >= 4 is 0 Å². The third-order valence-electron chi connectivity index (χ3n) is 3.63. The van der Waals surface area contributed by atoms with Crippen LogP contribution in [0.4, 0.5) is 0 Å². The molecule has 0 bridgehead atoms. The number of methoxy groups -OCH3 is 1. The fourth-order valence-electron chi connectivity index (χ4n) is 2.60. The Bertz CT molecular complexity index is 177. The summed E-state index contributed by atoms with van der Waals surface area (Å²) in [7, 11) is 1.82. The maximum Gasteiger partial charge on any atom is 0.0721 e. The van der Waals surface area contributed by atoms with Gasteiger partial charge in [0.05, 0.1) is 12.2 Å². The van der Waals surface area contributed by atoms with Crippen molar-refractivity contribution in [3.63, 3.8) is 0 Å². The fraction of sp³-hybridized carbons (Fsp3) is 1.00. The molecular formula is C14H29NO2. The molecular weight excluding hydrogens is 214 g/mol. The number of hydrogen-bond acceptors (Lipinski definition) is 3. The monoisotopic (exact) mass is 243 g/mol. The summed E-state index contributed by atoms with van der Waals surface area (Å²) < 4.78 is 11.3. The smallest absolute Gasteiger partial charge is 0.0721 e. The molecule has 1 rings (SSSR count). The molecule has 1 heterocycles. The van der Waals surface area contributed by atoms with Crippen molar-refractivity contribution in [2.75, 3.05) is 20.3 Å². The van der Waals surface area contributed by atoms with Crippen molar-refractivity contribution in [2.24, 2.45) is 0 Å². The van der Waals surface area contributed by atoms with Crippen LogP contribution in [0.5, 0.6) is 0 Å². The molecule has 0 aromatic rings. The SMILES string of the molecule is CCCNC(CCC1CCCO1)C(CC)OC. The van der Waals surface area contributed by atoms with Gasteiger partial charge in [-0.1, -0.05) is 13.8 Å². The summed E-state index contributed by atoms with van der Waals surface area (Å²) in [5, 5.41) is 3.61. The zero-order valence-corrected chi connectivity index (χ0v) is 11.7. The fourth-order valence-corrected chi connectivity index (χ4v) is 2.60. The molecule has 102 valence electrons. The Morgan fingerprint density at radius 3 is 2.76 bits per heavy atom. The highest BCUT2D eigenvalue weighted by Crippen LogP contribution is 2.19. The summed E-state index contributed by atoms with van der Waals surface area (Å²) in [6, 6.07) is 0.481. The maximum atomic E-state index is 5.69. The van der Waals surface area contributed by atoms with Gasteiger partial charge in [-0.15, -0.1) is 0 Å². The molecule has 3 atom stereocenters. The second kappa shape index (κ2) is 8.90. The summed E-state index contributed by atoms with van der Waals surface area (Å²) in [5.41, 5.74) is 0. The Hall–Kier alpha value is -0.120. The van der Waals surface area contributed by atoms with Gasteiger partial charge in [0.1, 0.15) is 0 Å². The molecule has 3 heteroatoms. The summed E-state index contributed by atoms with van der Waals surface area (Å²) in [6.07, 6.45) is 7.89. The van der Waals surface area contributed by atoms with Crippen LogP contribution in [0.15, 0.2) is 0 Å². The minimum atomic E-state index is 0.336. The highest BCUT2D eigenvalue weighted by Gasteiger charge is 2.22. The van der Waals surface area contributed by atoms with E-state index in [1.165, 1.54) is 25.7 Å². The third-order valence-corrected chi connectivity index (χ3v) is 3.63. The second-order valence-electron chi connectivity index (χ2n) is 4.96. The highest BCUT2D eigenvalue weighted by atomic mass is 16.5. The van der Waals surface area contributed by atoms with Crippen molar-refractivity contribution in [1.29, 1.82) is 0 Å². The predicted octanol–water partition coefficient (Wildman–Crippen LogP) is 2.74. The molecule has 0 aliphatic carbocycles. The van der Waals surface area contributed by atoms with Crippen LogP contribution in [0.25, 0.3) is 0 Å². The van der Waals surface area contributed by atoms with Gasteiger partial charge in [-0.2, -0.15) is 0 Å². The van der Waals surface area contributed by atoms with Gasteiger partial charge in [-0.3, -0.25) is 0 Å². The lowest BCUT2D eigenvalue weighted by molar-refractivity contribution is 0.0503. The van der Waals surface area contributed by atoms with Crippen LogP contribution in [0.3, 0.4) is 0 Å². The molecule has 0 spiro atoms. The molecule has 1 N–H and O–H groups in total. The predicted molar refractivity (Wildman–Crippen MR) is 71.4 cm³/mol. The van der Waals surface area contributed by atoms with Gasteiger partial charge in [0.25, 0.3) is 0 Å². The van der Waals surface area contributed by atoms with E-state index in [4.69, 9.17) is 9.47 Å². The number of ether oxygens (including phenoxy) is 2. The molecule has 0 amide bonds. The first-order chi connectivity index (χ1) is 8.31. The topological polar surface area (TPSA) is 30.5 Å². The zero-order chi connectivity index (χ0) is 12.5. The van der Waals surface area contributed by atoms with Gasteiger partial charge in [0.2, 0.25) is 0 Å². The molecule has 3 nitrogen and oxygen atoms in total. The highest BCUT2D eigenvalue weighted by molar-refractivity contribution is 4.78. The molecule has 0 saturated carbocycles. The molecule has 17 heavy (non-hydrogen) atoms. The van der Waals surface area contributed by atoms with E-state index in [0.29, 0.717) is 18.2 Å². The Morgan fingerprint density at radius 1 is 1.41 bits per heavy atom. The number of rotatable bonds is 9. The summed E-state index contributed by atoms with van der Waals surface area (Å²) in [5.74, 6) is 0. The molecule has 0 aromatic heterocycles. The second-order valence-corrected chi connectivity index (χ2v) is 4.96. The van der Waals surface area contributed by atoms with Crippen molar-refractivity contribution in [3.05, 3.63) is 0 Å². The van der Waals surface area contributed by atoms with E-state index in [-0.39, 0.29) is 0 Å². The van der Waals surface area contributed by atoms with E-state index in [9.17, 15) is 0 Å². The van der Waals surface area contributed by atoms with Crippen LogP contribution in [0.2, 0.25) is 0 Å². The Morgan fingerprint density at radius 2 is 2.24 bits per heavy atom. The Balaban J connectivity index is 2.32.